The van der Waals surface area contributed by atoms with Crippen LogP contribution >= 0.6 is 11.3 Å². The Kier molecular flexibility index (Phi) is 3.89. The molecule has 2 aromatic heterocycles. The molecule has 0 bridgehead atoms. The molecule has 3 rings (SSSR count). The Bertz CT molecular complexity index is 598. The monoisotopic (exact) mass is 291 g/mol. The van der Waals surface area contributed by atoms with E-state index in [0.717, 1.165) is 34.9 Å². The molecule has 0 saturated heterocycles. The molecule has 5 heteroatoms. The Labute approximate surface area is 123 Å². The van der Waals surface area contributed by atoms with Gasteiger partial charge in [-0.1, -0.05) is 13.8 Å². The van der Waals surface area contributed by atoms with Crippen LogP contribution in [-0.2, 0) is 11.3 Å². The van der Waals surface area contributed by atoms with E-state index in [0.29, 0.717) is 24.4 Å². The van der Waals surface area contributed by atoms with E-state index < -0.39 is 0 Å². The third kappa shape index (κ3) is 2.79. The lowest BCUT2D eigenvalue weighted by Crippen LogP contribution is -2.26. The Hall–Kier alpha value is -1.20. The van der Waals surface area contributed by atoms with Crippen LogP contribution in [0.2, 0.25) is 0 Å². The zero-order chi connectivity index (χ0) is 14.1. The van der Waals surface area contributed by atoms with Crippen LogP contribution in [0, 0.1) is 11.8 Å². The predicted octanol–water partition coefficient (Wildman–Crippen LogP) is 3.61. The first-order valence-electron chi connectivity index (χ1n) is 7.24. The summed E-state index contributed by atoms with van der Waals surface area (Å²) in [7, 11) is 0. The van der Waals surface area contributed by atoms with Crippen molar-refractivity contribution >= 4 is 27.4 Å². The number of fused-ring (bicyclic) bond motifs is 1. The minimum atomic E-state index is 0.338. The van der Waals surface area contributed by atoms with Gasteiger partial charge in [-0.05, 0) is 42.5 Å². The van der Waals surface area contributed by atoms with Gasteiger partial charge in [0.05, 0.1) is 11.5 Å². The fourth-order valence-corrected chi connectivity index (χ4v) is 3.62. The highest BCUT2D eigenvalue weighted by atomic mass is 32.1. The third-order valence-corrected chi connectivity index (χ3v) is 5.21. The highest BCUT2D eigenvalue weighted by Crippen LogP contribution is 2.31. The highest BCUT2D eigenvalue weighted by Gasteiger charge is 2.25. The first kappa shape index (κ1) is 13.8. The number of nitrogens with zero attached hydrogens (tertiary/aromatic N) is 2. The molecule has 3 atom stereocenters. The van der Waals surface area contributed by atoms with E-state index in [4.69, 9.17) is 10.5 Å². The molecule has 0 spiro atoms. The molecule has 1 aliphatic rings. The van der Waals surface area contributed by atoms with Gasteiger partial charge in [0.15, 0.2) is 5.82 Å². The minimum absolute atomic E-state index is 0.338. The lowest BCUT2D eigenvalue weighted by Gasteiger charge is -2.31. The fraction of sp³-hybridized carbons (Fsp3) is 0.600. The lowest BCUT2D eigenvalue weighted by molar-refractivity contribution is -0.0100. The number of nitrogens with two attached hydrogens (primary N) is 1. The maximum absolute atomic E-state index is 5.99. The first-order chi connectivity index (χ1) is 9.63. The Morgan fingerprint density at radius 3 is 2.95 bits per heavy atom. The lowest BCUT2D eigenvalue weighted by atomic mass is 9.80. The SMILES string of the molecule is CC1CCC(OCc2nc(N)c3ccsc3n2)CC1C. The molecule has 0 radical (unpaired) electrons. The standard InChI is InChI=1S/C15H21N3OS/c1-9-3-4-11(7-10(9)2)19-8-13-17-14(16)12-5-6-20-15(12)18-13/h5-6,9-11H,3-4,7-8H2,1-2H3,(H2,16,17,18). The van der Waals surface area contributed by atoms with Gasteiger partial charge < -0.3 is 10.5 Å². The van der Waals surface area contributed by atoms with Gasteiger partial charge in [0.25, 0.3) is 0 Å². The molecule has 20 heavy (non-hydrogen) atoms. The van der Waals surface area contributed by atoms with Crippen molar-refractivity contribution in [2.24, 2.45) is 11.8 Å². The topological polar surface area (TPSA) is 61.0 Å². The molecule has 2 heterocycles. The Morgan fingerprint density at radius 2 is 2.15 bits per heavy atom. The van der Waals surface area contributed by atoms with Crippen LogP contribution in [0.3, 0.4) is 0 Å². The van der Waals surface area contributed by atoms with Crippen molar-refractivity contribution in [2.75, 3.05) is 5.73 Å². The molecule has 1 fully saturated rings. The van der Waals surface area contributed by atoms with Crippen LogP contribution < -0.4 is 5.73 Å². The van der Waals surface area contributed by atoms with Crippen molar-refractivity contribution in [2.45, 2.75) is 45.8 Å². The van der Waals surface area contributed by atoms with Crippen LogP contribution in [0.5, 0.6) is 0 Å². The van der Waals surface area contributed by atoms with E-state index in [1.807, 2.05) is 11.4 Å². The van der Waals surface area contributed by atoms with Gasteiger partial charge in [-0.3, -0.25) is 0 Å². The van der Waals surface area contributed by atoms with Gasteiger partial charge >= 0.3 is 0 Å². The van der Waals surface area contributed by atoms with Crippen molar-refractivity contribution in [3.63, 3.8) is 0 Å². The number of nitrogen functional groups attached to an aromatic ring is 1. The third-order valence-electron chi connectivity index (χ3n) is 4.40. The molecule has 108 valence electrons. The van der Waals surface area contributed by atoms with Gasteiger partial charge in [-0.25, -0.2) is 9.97 Å². The van der Waals surface area contributed by atoms with Crippen molar-refractivity contribution in [3.8, 4) is 0 Å². The fourth-order valence-electron chi connectivity index (χ4n) is 2.83. The second kappa shape index (κ2) is 5.66. The van der Waals surface area contributed by atoms with Crippen molar-refractivity contribution in [3.05, 3.63) is 17.3 Å². The normalized spacial score (nSPS) is 27.0. The van der Waals surface area contributed by atoms with E-state index in [1.54, 1.807) is 11.3 Å². The zero-order valence-corrected chi connectivity index (χ0v) is 12.8. The number of ether oxygens (including phenoxy) is 1. The average molecular weight is 291 g/mol. The van der Waals surface area contributed by atoms with Crippen LogP contribution in [0.25, 0.3) is 10.2 Å². The predicted molar refractivity (Wildman–Crippen MR) is 82.6 cm³/mol. The summed E-state index contributed by atoms with van der Waals surface area (Å²) in [6.45, 7) is 5.10. The second-order valence-corrected chi connectivity index (χ2v) is 6.76. The minimum Gasteiger partial charge on any atom is -0.383 e. The molecule has 3 unspecified atom stereocenters. The quantitative estimate of drug-likeness (QED) is 0.938. The average Bonchev–Trinajstić information content (AvgIpc) is 2.89. The van der Waals surface area contributed by atoms with Crippen molar-refractivity contribution in [1.82, 2.24) is 9.97 Å². The van der Waals surface area contributed by atoms with Gasteiger partial charge in [-0.15, -0.1) is 11.3 Å². The van der Waals surface area contributed by atoms with Gasteiger partial charge in [-0.2, -0.15) is 0 Å². The highest BCUT2D eigenvalue weighted by molar-refractivity contribution is 7.16. The van der Waals surface area contributed by atoms with Crippen molar-refractivity contribution < 1.29 is 4.74 Å². The summed E-state index contributed by atoms with van der Waals surface area (Å²) < 4.78 is 5.99. The molecule has 1 aliphatic carbocycles. The van der Waals surface area contributed by atoms with E-state index in [-0.39, 0.29) is 0 Å². The molecule has 0 aliphatic heterocycles. The number of hydrogen-bond donors (Lipinski definition) is 1. The van der Waals surface area contributed by atoms with E-state index >= 15 is 0 Å². The summed E-state index contributed by atoms with van der Waals surface area (Å²) in [5.41, 5.74) is 5.95. The number of hydrogen-bond acceptors (Lipinski definition) is 5. The smallest absolute Gasteiger partial charge is 0.158 e. The summed E-state index contributed by atoms with van der Waals surface area (Å²) in [5, 5.41) is 2.93. The van der Waals surface area contributed by atoms with Crippen LogP contribution in [0.1, 0.15) is 38.9 Å². The summed E-state index contributed by atoms with van der Waals surface area (Å²) in [6.07, 6.45) is 3.86. The van der Waals surface area contributed by atoms with Gasteiger partial charge in [0.2, 0.25) is 0 Å². The molecule has 1 saturated carbocycles. The second-order valence-electron chi connectivity index (χ2n) is 5.87. The molecule has 0 aromatic carbocycles. The maximum atomic E-state index is 5.99. The number of aromatic nitrogens is 2. The molecular formula is C15H21N3OS. The van der Waals surface area contributed by atoms with E-state index in [9.17, 15) is 0 Å². The van der Waals surface area contributed by atoms with Crippen LogP contribution in [-0.4, -0.2) is 16.1 Å². The maximum Gasteiger partial charge on any atom is 0.158 e. The Morgan fingerprint density at radius 1 is 1.30 bits per heavy atom. The first-order valence-corrected chi connectivity index (χ1v) is 8.12. The molecular weight excluding hydrogens is 270 g/mol. The number of anilines is 1. The van der Waals surface area contributed by atoms with Gasteiger partial charge in [0, 0.05) is 0 Å². The molecule has 2 aromatic rings. The van der Waals surface area contributed by atoms with Crippen molar-refractivity contribution in [1.29, 1.82) is 0 Å². The van der Waals surface area contributed by atoms with E-state index in [2.05, 4.69) is 23.8 Å². The molecule has 2 N–H and O–H groups in total. The number of rotatable bonds is 3. The zero-order valence-electron chi connectivity index (χ0n) is 12.0. The van der Waals surface area contributed by atoms with E-state index in [1.165, 1.54) is 6.42 Å². The van der Waals surface area contributed by atoms with Gasteiger partial charge in [0.1, 0.15) is 17.3 Å². The summed E-state index contributed by atoms with van der Waals surface area (Å²) >= 11 is 1.59. The summed E-state index contributed by atoms with van der Waals surface area (Å²) in [6, 6.07) is 1.96. The molecule has 0 amide bonds. The summed E-state index contributed by atoms with van der Waals surface area (Å²) in [5.74, 6) is 2.80. The molecule has 4 nitrogen and oxygen atoms in total. The summed E-state index contributed by atoms with van der Waals surface area (Å²) in [4.78, 5) is 9.80. The number of thiophene rings is 1. The van der Waals surface area contributed by atoms with Crippen LogP contribution in [0.4, 0.5) is 5.82 Å². The Balaban J connectivity index is 1.65. The van der Waals surface area contributed by atoms with Crippen LogP contribution in [0.15, 0.2) is 11.4 Å². The largest absolute Gasteiger partial charge is 0.383 e.